The summed E-state index contributed by atoms with van der Waals surface area (Å²) in [6, 6.07) is 6.11. The second-order valence-electron chi connectivity index (χ2n) is 7.15. The molecule has 8 nitrogen and oxygen atoms in total. The van der Waals surface area contributed by atoms with E-state index in [0.29, 0.717) is 36.8 Å². The highest BCUT2D eigenvalue weighted by atomic mass is 19.1. The van der Waals surface area contributed by atoms with Crippen LogP contribution in [0.2, 0.25) is 0 Å². The van der Waals surface area contributed by atoms with Crippen molar-refractivity contribution in [3.63, 3.8) is 0 Å². The smallest absolute Gasteiger partial charge is 0.225 e. The van der Waals surface area contributed by atoms with E-state index in [4.69, 9.17) is 19.1 Å². The van der Waals surface area contributed by atoms with Crippen molar-refractivity contribution in [2.24, 2.45) is 0 Å². The highest BCUT2D eigenvalue weighted by molar-refractivity contribution is 5.66. The van der Waals surface area contributed by atoms with Crippen molar-refractivity contribution in [1.29, 1.82) is 0 Å². The Morgan fingerprint density at radius 1 is 1.06 bits per heavy atom. The van der Waals surface area contributed by atoms with Crippen molar-refractivity contribution in [2.75, 3.05) is 32.2 Å². The van der Waals surface area contributed by atoms with Gasteiger partial charge in [0, 0.05) is 31.6 Å². The third kappa shape index (κ3) is 8.60. The molecule has 0 spiro atoms. The van der Waals surface area contributed by atoms with E-state index in [1.165, 1.54) is 12.1 Å². The highest BCUT2D eigenvalue weighted by Gasteiger charge is 2.28. The molecule has 1 aliphatic heterocycles. The first kappa shape index (κ1) is 30.2. The molecule has 2 aromatic rings. The van der Waals surface area contributed by atoms with Crippen LogP contribution in [-0.4, -0.2) is 62.3 Å². The van der Waals surface area contributed by atoms with Gasteiger partial charge in [-0.1, -0.05) is 27.7 Å². The summed E-state index contributed by atoms with van der Waals surface area (Å²) in [5.74, 6) is 0.294. The number of aliphatic hydroxyl groups excluding tert-OH is 1. The number of nitrogens with zero attached hydrogens (tertiary/aromatic N) is 3. The molecule has 2 heterocycles. The van der Waals surface area contributed by atoms with Gasteiger partial charge >= 0.3 is 0 Å². The molecule has 1 N–H and O–H groups in total. The maximum Gasteiger partial charge on any atom is 0.225 e. The molecule has 0 aliphatic carbocycles. The molecule has 0 radical (unpaired) electrons. The van der Waals surface area contributed by atoms with Gasteiger partial charge in [0.05, 0.1) is 30.7 Å². The van der Waals surface area contributed by atoms with Gasteiger partial charge in [-0.25, -0.2) is 14.4 Å². The molecule has 0 amide bonds. The normalized spacial score (nSPS) is 13.6. The van der Waals surface area contributed by atoms with Crippen molar-refractivity contribution >= 4 is 19.5 Å². The Balaban J connectivity index is 0.00000158. The summed E-state index contributed by atoms with van der Waals surface area (Å²) in [6.45, 7) is 13.1. The van der Waals surface area contributed by atoms with Crippen molar-refractivity contribution < 1.29 is 28.6 Å². The third-order valence-corrected chi connectivity index (χ3v) is 4.47. The van der Waals surface area contributed by atoms with E-state index in [1.807, 2.05) is 60.3 Å². The minimum Gasteiger partial charge on any atom is -0.388 e. The van der Waals surface area contributed by atoms with Gasteiger partial charge in [-0.15, -0.1) is 0 Å². The maximum absolute atomic E-state index is 13.4. The summed E-state index contributed by atoms with van der Waals surface area (Å²) in [5, 5.41) is 11.0. The number of aliphatic hydroxyl groups is 1. The quantitative estimate of drug-likeness (QED) is 0.685. The van der Waals surface area contributed by atoms with Crippen LogP contribution in [-0.2, 0) is 19.1 Å². The van der Waals surface area contributed by atoms with Crippen LogP contribution in [0.1, 0.15) is 57.4 Å². The summed E-state index contributed by atoms with van der Waals surface area (Å²) >= 11 is 0. The molecule has 1 saturated heterocycles. The molecular weight excluding hydrogens is 429 g/mol. The summed E-state index contributed by atoms with van der Waals surface area (Å²) < 4.78 is 24.4. The lowest BCUT2D eigenvalue weighted by Crippen LogP contribution is -2.20. The monoisotopic (exact) mass is 465 g/mol. The Kier molecular flexibility index (Phi) is 14.6. The predicted molar refractivity (Wildman–Crippen MR) is 127 cm³/mol. The number of hydrogen-bond donors (Lipinski definition) is 1. The standard InChI is InChI=1S/C20H26FN3O3.C2H6.2CH2O/c1-12(2)18-17(15(25)11-16-26-9-10-27-16)19(23-20(22-18)24(3)4)13-5-7-14(21)8-6-13;3*1-2/h5-8,12,15-16,25H,9-11H2,1-4H3;1-2H3;2*1H2. The van der Waals surface area contributed by atoms with Crippen LogP contribution < -0.4 is 4.90 Å². The van der Waals surface area contributed by atoms with Gasteiger partial charge in [0.1, 0.15) is 19.4 Å². The molecule has 0 saturated carbocycles. The minimum atomic E-state index is -0.859. The Morgan fingerprint density at radius 2 is 1.58 bits per heavy atom. The zero-order valence-electron chi connectivity index (χ0n) is 20.4. The Morgan fingerprint density at radius 3 is 2.03 bits per heavy atom. The lowest BCUT2D eigenvalue weighted by atomic mass is 9.93. The molecule has 9 heteroatoms. The van der Waals surface area contributed by atoms with Crippen LogP contribution >= 0.6 is 0 Å². The Labute approximate surface area is 195 Å². The van der Waals surface area contributed by atoms with E-state index in [1.54, 1.807) is 12.1 Å². The van der Waals surface area contributed by atoms with E-state index in [9.17, 15) is 9.50 Å². The molecular formula is C24H36FN3O5. The number of halogens is 1. The molecule has 1 aromatic heterocycles. The Bertz CT molecular complexity index is 810. The van der Waals surface area contributed by atoms with Gasteiger partial charge in [0.25, 0.3) is 0 Å². The fraction of sp³-hybridized carbons (Fsp3) is 0.500. The van der Waals surface area contributed by atoms with Crippen molar-refractivity contribution in [2.45, 2.75) is 52.4 Å². The van der Waals surface area contributed by atoms with Gasteiger partial charge in [0.15, 0.2) is 6.29 Å². The first-order valence-corrected chi connectivity index (χ1v) is 10.7. The fourth-order valence-electron chi connectivity index (χ4n) is 3.11. The predicted octanol–water partition coefficient (Wildman–Crippen LogP) is 3.92. The molecule has 33 heavy (non-hydrogen) atoms. The molecule has 1 aromatic carbocycles. The summed E-state index contributed by atoms with van der Waals surface area (Å²) in [5.41, 5.74) is 2.73. The average Bonchev–Trinajstić information content (AvgIpc) is 3.35. The SMILES string of the molecule is C=O.C=O.CC.CC(C)c1nc(N(C)C)nc(-c2ccc(F)cc2)c1C(O)CC1OCCO1. The number of benzene rings is 1. The number of ether oxygens (including phenoxy) is 2. The van der Waals surface area contributed by atoms with Crippen molar-refractivity contribution in [3.8, 4) is 11.3 Å². The van der Waals surface area contributed by atoms with Gasteiger partial charge in [0.2, 0.25) is 5.95 Å². The number of rotatable bonds is 6. The largest absolute Gasteiger partial charge is 0.388 e. The third-order valence-electron chi connectivity index (χ3n) is 4.47. The molecule has 184 valence electrons. The number of aromatic nitrogens is 2. The maximum atomic E-state index is 13.4. The molecule has 0 bridgehead atoms. The second kappa shape index (κ2) is 16.0. The van der Waals surface area contributed by atoms with Crippen LogP contribution in [0.4, 0.5) is 10.3 Å². The summed E-state index contributed by atoms with van der Waals surface area (Å²) in [6.07, 6.45) is -1.02. The lowest BCUT2D eigenvalue weighted by Gasteiger charge is -2.24. The number of carbonyl (C=O) groups excluding carboxylic acids is 2. The molecule has 1 aliphatic rings. The van der Waals surface area contributed by atoms with Crippen molar-refractivity contribution in [1.82, 2.24) is 9.97 Å². The van der Waals surface area contributed by atoms with E-state index in [-0.39, 0.29) is 11.7 Å². The van der Waals surface area contributed by atoms with Gasteiger partial charge in [-0.05, 0) is 30.2 Å². The van der Waals surface area contributed by atoms with E-state index in [2.05, 4.69) is 9.97 Å². The van der Waals surface area contributed by atoms with Crippen molar-refractivity contribution in [3.05, 3.63) is 41.3 Å². The van der Waals surface area contributed by atoms with E-state index < -0.39 is 12.4 Å². The second-order valence-corrected chi connectivity index (χ2v) is 7.15. The highest BCUT2D eigenvalue weighted by Crippen LogP contribution is 2.36. The molecule has 1 fully saturated rings. The lowest BCUT2D eigenvalue weighted by molar-refractivity contribution is -0.0987. The first-order chi connectivity index (χ1) is 15.9. The van der Waals surface area contributed by atoms with Crippen LogP contribution in [0, 0.1) is 5.82 Å². The average molecular weight is 466 g/mol. The number of hydrogen-bond acceptors (Lipinski definition) is 8. The topological polar surface area (TPSA) is 102 Å². The van der Waals surface area contributed by atoms with Gasteiger partial charge < -0.3 is 29.1 Å². The van der Waals surface area contributed by atoms with Gasteiger partial charge in [-0.2, -0.15) is 0 Å². The fourth-order valence-corrected chi connectivity index (χ4v) is 3.11. The molecule has 1 atom stereocenters. The zero-order valence-corrected chi connectivity index (χ0v) is 20.4. The first-order valence-electron chi connectivity index (χ1n) is 10.7. The van der Waals surface area contributed by atoms with Gasteiger partial charge in [-0.3, -0.25) is 0 Å². The van der Waals surface area contributed by atoms with Crippen LogP contribution in [0.15, 0.2) is 24.3 Å². The van der Waals surface area contributed by atoms with Crippen LogP contribution in [0.3, 0.4) is 0 Å². The van der Waals surface area contributed by atoms with Crippen LogP contribution in [0.5, 0.6) is 0 Å². The molecule has 3 rings (SSSR count). The summed E-state index contributed by atoms with van der Waals surface area (Å²) in [7, 11) is 3.73. The minimum absolute atomic E-state index is 0.0703. The molecule has 1 unspecified atom stereocenters. The van der Waals surface area contributed by atoms with E-state index >= 15 is 0 Å². The zero-order chi connectivity index (χ0) is 25.6. The number of carbonyl (C=O) groups is 2. The number of anilines is 1. The Hall–Kier alpha value is -2.75. The summed E-state index contributed by atoms with van der Waals surface area (Å²) in [4.78, 5) is 27.1. The van der Waals surface area contributed by atoms with Crippen LogP contribution in [0.25, 0.3) is 11.3 Å². The van der Waals surface area contributed by atoms with E-state index in [0.717, 1.165) is 11.3 Å².